The van der Waals surface area contributed by atoms with Crippen molar-refractivity contribution in [1.29, 1.82) is 0 Å². The molecule has 1 aliphatic rings. The van der Waals surface area contributed by atoms with Crippen LogP contribution in [0.2, 0.25) is 0 Å². The average molecular weight is 473 g/mol. The minimum Gasteiger partial charge on any atom is -0.495 e. The third-order valence-corrected chi connectivity index (χ3v) is 7.13. The number of ether oxygens (including phenoxy) is 2. The Morgan fingerprint density at radius 1 is 1.06 bits per heavy atom. The molecule has 1 saturated heterocycles. The van der Waals surface area contributed by atoms with Gasteiger partial charge in [-0.1, -0.05) is 12.5 Å². The normalized spacial score (nSPS) is 14.7. The van der Waals surface area contributed by atoms with Gasteiger partial charge in [-0.25, -0.2) is 13.2 Å². The number of nitrogens with zero attached hydrogens (tertiary/aromatic N) is 1. The molecule has 2 aromatic carbocycles. The Hall–Kier alpha value is -3.17. The van der Waals surface area contributed by atoms with Gasteiger partial charge in [-0.05, 0) is 67.8 Å². The number of benzene rings is 2. The summed E-state index contributed by atoms with van der Waals surface area (Å²) in [6.45, 7) is 2.99. The standard InChI is InChI=1S/C24H28N2O6S/c1-3-32-24(28)19-9-11-20(12-10-19)25-23(27)14-8-18-7-13-21(31-2)22(17-18)33(29,30)26-15-5-4-6-16-26/h7-14,17H,3-6,15-16H2,1-2H3,(H,25,27)/b14-8+. The fraction of sp³-hybridized carbons (Fsp3) is 0.333. The van der Waals surface area contributed by atoms with Crippen LogP contribution in [-0.4, -0.2) is 51.4 Å². The van der Waals surface area contributed by atoms with Crippen LogP contribution in [0.1, 0.15) is 42.1 Å². The molecule has 0 aliphatic carbocycles. The van der Waals surface area contributed by atoms with Crippen molar-refractivity contribution < 1.29 is 27.5 Å². The van der Waals surface area contributed by atoms with Crippen LogP contribution in [0.15, 0.2) is 53.4 Å². The number of hydrogen-bond acceptors (Lipinski definition) is 6. The lowest BCUT2D eigenvalue weighted by Gasteiger charge is -2.26. The number of nitrogens with one attached hydrogen (secondary N) is 1. The number of methoxy groups -OCH3 is 1. The van der Waals surface area contributed by atoms with Crippen LogP contribution >= 0.6 is 0 Å². The van der Waals surface area contributed by atoms with Crippen molar-refractivity contribution >= 4 is 33.7 Å². The molecule has 176 valence electrons. The van der Waals surface area contributed by atoms with Gasteiger partial charge in [-0.15, -0.1) is 0 Å². The number of rotatable bonds is 8. The molecule has 33 heavy (non-hydrogen) atoms. The minimum atomic E-state index is -3.69. The molecule has 0 unspecified atom stereocenters. The van der Waals surface area contributed by atoms with Gasteiger partial charge in [-0.3, -0.25) is 4.79 Å². The molecule has 0 spiro atoms. The number of esters is 1. The molecule has 2 aromatic rings. The Morgan fingerprint density at radius 2 is 1.76 bits per heavy atom. The molecule has 1 aliphatic heterocycles. The quantitative estimate of drug-likeness (QED) is 0.464. The van der Waals surface area contributed by atoms with Crippen molar-refractivity contribution in [3.8, 4) is 5.75 Å². The van der Waals surface area contributed by atoms with E-state index in [0.717, 1.165) is 19.3 Å². The third kappa shape index (κ3) is 6.21. The van der Waals surface area contributed by atoms with Crippen molar-refractivity contribution in [2.24, 2.45) is 0 Å². The second kappa shape index (κ2) is 11.1. The highest BCUT2D eigenvalue weighted by atomic mass is 32.2. The zero-order valence-corrected chi connectivity index (χ0v) is 19.6. The largest absolute Gasteiger partial charge is 0.495 e. The van der Waals surface area contributed by atoms with E-state index >= 15 is 0 Å². The van der Waals surface area contributed by atoms with Crippen LogP contribution in [0.5, 0.6) is 5.75 Å². The molecule has 1 heterocycles. The SMILES string of the molecule is CCOC(=O)c1ccc(NC(=O)/C=C/c2ccc(OC)c(S(=O)(=O)N3CCCCC3)c2)cc1. The van der Waals surface area contributed by atoms with Crippen molar-refractivity contribution in [3.05, 3.63) is 59.7 Å². The third-order valence-electron chi connectivity index (χ3n) is 5.21. The fourth-order valence-corrected chi connectivity index (χ4v) is 5.21. The maximum Gasteiger partial charge on any atom is 0.338 e. The lowest BCUT2D eigenvalue weighted by Crippen LogP contribution is -2.35. The first-order valence-electron chi connectivity index (χ1n) is 10.8. The Kier molecular flexibility index (Phi) is 8.24. The summed E-state index contributed by atoms with van der Waals surface area (Å²) in [6, 6.07) is 11.1. The van der Waals surface area contributed by atoms with Crippen molar-refractivity contribution in [2.45, 2.75) is 31.1 Å². The van der Waals surface area contributed by atoms with E-state index in [-0.39, 0.29) is 17.3 Å². The van der Waals surface area contributed by atoms with E-state index in [1.165, 1.54) is 29.6 Å². The predicted octanol–water partition coefficient (Wildman–Crippen LogP) is 3.70. The Labute approximate surface area is 194 Å². The van der Waals surface area contributed by atoms with Crippen LogP contribution in [0.25, 0.3) is 6.08 Å². The van der Waals surface area contributed by atoms with E-state index in [4.69, 9.17) is 9.47 Å². The maximum absolute atomic E-state index is 13.1. The topological polar surface area (TPSA) is 102 Å². The summed E-state index contributed by atoms with van der Waals surface area (Å²) in [5.74, 6) is -0.552. The highest BCUT2D eigenvalue weighted by Crippen LogP contribution is 2.30. The molecule has 8 nitrogen and oxygen atoms in total. The maximum atomic E-state index is 13.1. The van der Waals surface area contributed by atoms with Gasteiger partial charge in [0.05, 0.1) is 19.3 Å². The first-order chi connectivity index (χ1) is 15.8. The number of amides is 1. The molecule has 9 heteroatoms. The molecule has 0 aromatic heterocycles. The van der Waals surface area contributed by atoms with Crippen LogP contribution in [0.3, 0.4) is 0 Å². The lowest BCUT2D eigenvalue weighted by atomic mass is 10.2. The number of carbonyl (C=O) groups is 2. The Morgan fingerprint density at radius 3 is 2.39 bits per heavy atom. The van der Waals surface area contributed by atoms with Gasteiger partial charge in [-0.2, -0.15) is 4.31 Å². The molecule has 0 saturated carbocycles. The van der Waals surface area contributed by atoms with Crippen molar-refractivity contribution in [1.82, 2.24) is 4.31 Å². The molecule has 0 atom stereocenters. The van der Waals surface area contributed by atoms with Gasteiger partial charge in [0, 0.05) is 24.9 Å². The van der Waals surface area contributed by atoms with E-state index in [0.29, 0.717) is 29.9 Å². The number of sulfonamides is 1. The van der Waals surface area contributed by atoms with Crippen LogP contribution in [0, 0.1) is 0 Å². The van der Waals surface area contributed by atoms with E-state index < -0.39 is 21.9 Å². The average Bonchev–Trinajstić information content (AvgIpc) is 2.83. The van der Waals surface area contributed by atoms with Crippen molar-refractivity contribution in [3.63, 3.8) is 0 Å². The van der Waals surface area contributed by atoms with E-state index in [9.17, 15) is 18.0 Å². The minimum absolute atomic E-state index is 0.0870. The second-order valence-electron chi connectivity index (χ2n) is 7.50. The Bertz CT molecular complexity index is 1120. The zero-order valence-electron chi connectivity index (χ0n) is 18.7. The zero-order chi connectivity index (χ0) is 23.8. The van der Waals surface area contributed by atoms with Gasteiger partial charge in [0.2, 0.25) is 15.9 Å². The van der Waals surface area contributed by atoms with Crippen molar-refractivity contribution in [2.75, 3.05) is 32.1 Å². The number of carbonyl (C=O) groups excluding carboxylic acids is 2. The summed E-state index contributed by atoms with van der Waals surface area (Å²) in [5.41, 5.74) is 1.46. The number of piperidine rings is 1. The molecule has 3 rings (SSSR count). The van der Waals surface area contributed by atoms with E-state index in [1.807, 2.05) is 0 Å². The van der Waals surface area contributed by atoms with Gasteiger partial charge in [0.1, 0.15) is 10.6 Å². The Balaban J connectivity index is 1.72. The van der Waals surface area contributed by atoms with E-state index in [1.54, 1.807) is 43.3 Å². The molecule has 0 radical (unpaired) electrons. The second-order valence-corrected chi connectivity index (χ2v) is 9.40. The molecule has 1 fully saturated rings. The first-order valence-corrected chi connectivity index (χ1v) is 12.2. The number of hydrogen-bond donors (Lipinski definition) is 1. The molecular weight excluding hydrogens is 444 g/mol. The summed E-state index contributed by atoms with van der Waals surface area (Å²) in [6.07, 6.45) is 5.55. The highest BCUT2D eigenvalue weighted by molar-refractivity contribution is 7.89. The lowest BCUT2D eigenvalue weighted by molar-refractivity contribution is -0.111. The number of anilines is 1. The van der Waals surface area contributed by atoms with Crippen LogP contribution in [-0.2, 0) is 19.6 Å². The van der Waals surface area contributed by atoms with Gasteiger partial charge >= 0.3 is 5.97 Å². The van der Waals surface area contributed by atoms with Crippen LogP contribution < -0.4 is 10.1 Å². The van der Waals surface area contributed by atoms with Gasteiger partial charge < -0.3 is 14.8 Å². The molecule has 1 N–H and O–H groups in total. The monoisotopic (exact) mass is 472 g/mol. The summed E-state index contributed by atoms with van der Waals surface area (Å²) in [4.78, 5) is 24.1. The summed E-state index contributed by atoms with van der Waals surface area (Å²) >= 11 is 0. The highest BCUT2D eigenvalue weighted by Gasteiger charge is 2.29. The summed E-state index contributed by atoms with van der Waals surface area (Å²) < 4.78 is 37.9. The summed E-state index contributed by atoms with van der Waals surface area (Å²) in [7, 11) is -2.26. The summed E-state index contributed by atoms with van der Waals surface area (Å²) in [5, 5.41) is 2.70. The first kappa shape index (κ1) is 24.5. The van der Waals surface area contributed by atoms with Gasteiger partial charge in [0.15, 0.2) is 0 Å². The van der Waals surface area contributed by atoms with Crippen LogP contribution in [0.4, 0.5) is 5.69 Å². The fourth-order valence-electron chi connectivity index (χ4n) is 3.50. The molecule has 0 bridgehead atoms. The predicted molar refractivity (Wildman–Crippen MR) is 126 cm³/mol. The molecule has 1 amide bonds. The smallest absolute Gasteiger partial charge is 0.338 e. The van der Waals surface area contributed by atoms with E-state index in [2.05, 4.69) is 5.32 Å². The molecular formula is C24H28N2O6S. The van der Waals surface area contributed by atoms with Gasteiger partial charge in [0.25, 0.3) is 0 Å².